The highest BCUT2D eigenvalue weighted by atomic mass is 79.9. The Balaban J connectivity index is 0.00000533. The molecular formula is C32H44BrClN2O2S. The fourth-order valence-electron chi connectivity index (χ4n) is 4.52. The second-order valence-electron chi connectivity index (χ2n) is 10.2. The van der Waals surface area contributed by atoms with Crippen LogP contribution in [0.25, 0.3) is 0 Å². The molecule has 0 saturated carbocycles. The van der Waals surface area contributed by atoms with Crippen LogP contribution in [0.15, 0.2) is 54.2 Å². The van der Waals surface area contributed by atoms with E-state index in [4.69, 9.17) is 16.3 Å². The van der Waals surface area contributed by atoms with Gasteiger partial charge in [0, 0.05) is 16.8 Å². The number of aromatic nitrogens is 1. The highest BCUT2D eigenvalue weighted by molar-refractivity contribution is 7.09. The van der Waals surface area contributed by atoms with E-state index in [1.165, 1.54) is 74.6 Å². The minimum absolute atomic E-state index is 0. The molecule has 3 aromatic rings. The average Bonchev–Trinajstić information content (AvgIpc) is 3.33. The Kier molecular flexibility index (Phi) is 16.4. The maximum absolute atomic E-state index is 12.8. The maximum atomic E-state index is 12.8. The van der Waals surface area contributed by atoms with Crippen molar-refractivity contribution in [1.29, 1.82) is 0 Å². The van der Waals surface area contributed by atoms with Crippen molar-refractivity contribution in [3.63, 3.8) is 0 Å². The number of nitrogens with one attached hydrogen (secondary N) is 1. The van der Waals surface area contributed by atoms with Gasteiger partial charge in [0.25, 0.3) is 5.91 Å². The van der Waals surface area contributed by atoms with E-state index in [1.54, 1.807) is 29.5 Å². The van der Waals surface area contributed by atoms with Crippen LogP contribution in [0.5, 0.6) is 5.75 Å². The van der Waals surface area contributed by atoms with E-state index in [2.05, 4.69) is 35.4 Å². The molecule has 1 aromatic heterocycles. The fraction of sp³-hybridized carbons (Fsp3) is 0.500. The number of ether oxygens (including phenoxy) is 1. The first-order valence-electron chi connectivity index (χ1n) is 14.3. The number of hydrogen-bond acceptors (Lipinski definition) is 3. The number of thiazole rings is 1. The van der Waals surface area contributed by atoms with Gasteiger partial charge in [-0.15, -0.1) is 0 Å². The molecule has 2 aromatic carbocycles. The maximum Gasteiger partial charge on any atom is 0.255 e. The molecule has 0 saturated heterocycles. The number of carbonyl (C=O) groups excluding carboxylic acids is 1. The molecule has 0 atom stereocenters. The summed E-state index contributed by atoms with van der Waals surface area (Å²) in [6.07, 6.45) is 17.8. The standard InChI is InChI=1S/C32H43ClN2O2S.BrH/c1-3-4-5-6-7-8-9-10-11-12-13-14-21-37-31-22-28(17-20-30(31)33)32(36)34-29-18-15-27(16-19-29)24-35-23-26(2)38-25-35;/h15-20,22-23,25H,3-14,21,24H2,1-2H3;1H. The van der Waals surface area contributed by atoms with Gasteiger partial charge in [-0.3, -0.25) is 4.79 Å². The van der Waals surface area contributed by atoms with Crippen molar-refractivity contribution in [3.8, 4) is 5.75 Å². The summed E-state index contributed by atoms with van der Waals surface area (Å²) in [7, 11) is 0. The number of amides is 1. The van der Waals surface area contributed by atoms with Crippen LogP contribution < -0.4 is 31.6 Å². The molecule has 39 heavy (non-hydrogen) atoms. The molecule has 0 fully saturated rings. The second-order valence-corrected chi connectivity index (χ2v) is 11.7. The van der Waals surface area contributed by atoms with Gasteiger partial charge in [-0.05, 0) is 43.7 Å². The molecule has 3 rings (SSSR count). The van der Waals surface area contributed by atoms with E-state index in [-0.39, 0.29) is 22.9 Å². The van der Waals surface area contributed by atoms with Crippen molar-refractivity contribution < 1.29 is 31.1 Å². The molecule has 0 radical (unpaired) electrons. The average molecular weight is 636 g/mol. The van der Waals surface area contributed by atoms with Crippen LogP contribution in [0, 0.1) is 6.92 Å². The van der Waals surface area contributed by atoms with E-state index in [9.17, 15) is 4.79 Å². The summed E-state index contributed by atoms with van der Waals surface area (Å²) in [5.74, 6) is 0.397. The predicted molar refractivity (Wildman–Crippen MR) is 161 cm³/mol. The predicted octanol–water partition coefficient (Wildman–Crippen LogP) is 6.38. The van der Waals surface area contributed by atoms with Gasteiger partial charge >= 0.3 is 0 Å². The third-order valence-corrected chi connectivity index (χ3v) is 7.91. The lowest BCUT2D eigenvalue weighted by Gasteiger charge is -2.11. The van der Waals surface area contributed by atoms with Gasteiger partial charge in [0.05, 0.1) is 16.5 Å². The molecule has 0 unspecified atom stereocenters. The third-order valence-electron chi connectivity index (χ3n) is 6.75. The summed E-state index contributed by atoms with van der Waals surface area (Å²) in [5, 5.41) is 3.51. The van der Waals surface area contributed by atoms with Crippen LogP contribution in [0.3, 0.4) is 0 Å². The SMILES string of the molecule is CCCCCCCCCCCCCCOc1cc(C(=O)Nc2ccc(C[n+]3csc(C)c3)cc2)ccc1Cl.[Br-]. The molecule has 4 nitrogen and oxygen atoms in total. The van der Waals surface area contributed by atoms with Gasteiger partial charge in [-0.2, -0.15) is 4.57 Å². The monoisotopic (exact) mass is 634 g/mol. The molecule has 0 aliphatic heterocycles. The van der Waals surface area contributed by atoms with Crippen LogP contribution in [0.4, 0.5) is 5.69 Å². The lowest BCUT2D eigenvalue weighted by molar-refractivity contribution is -0.683. The smallest absolute Gasteiger partial charge is 0.255 e. The number of anilines is 1. The number of unbranched alkanes of at least 4 members (excludes halogenated alkanes) is 11. The highest BCUT2D eigenvalue weighted by Gasteiger charge is 2.11. The first-order chi connectivity index (χ1) is 18.5. The summed E-state index contributed by atoms with van der Waals surface area (Å²) < 4.78 is 8.10. The summed E-state index contributed by atoms with van der Waals surface area (Å²) in [6.45, 7) is 5.80. The first-order valence-corrected chi connectivity index (χ1v) is 15.6. The Morgan fingerprint density at radius 1 is 0.897 bits per heavy atom. The van der Waals surface area contributed by atoms with E-state index in [1.807, 2.05) is 24.3 Å². The molecule has 0 bridgehead atoms. The summed E-state index contributed by atoms with van der Waals surface area (Å²) in [6, 6.07) is 13.2. The van der Waals surface area contributed by atoms with Crippen LogP contribution in [0.2, 0.25) is 5.02 Å². The molecule has 7 heteroatoms. The van der Waals surface area contributed by atoms with Crippen molar-refractivity contribution in [1.82, 2.24) is 0 Å². The van der Waals surface area contributed by atoms with Gasteiger partial charge in [-0.25, -0.2) is 0 Å². The number of rotatable bonds is 18. The van der Waals surface area contributed by atoms with Crippen LogP contribution >= 0.6 is 22.9 Å². The molecular weight excluding hydrogens is 592 g/mol. The van der Waals surface area contributed by atoms with Gasteiger partial charge in [0.1, 0.15) is 5.75 Å². The minimum Gasteiger partial charge on any atom is -1.00 e. The Morgan fingerprint density at radius 2 is 1.51 bits per heavy atom. The lowest BCUT2D eigenvalue weighted by Crippen LogP contribution is -3.00. The normalized spacial score (nSPS) is 10.7. The van der Waals surface area contributed by atoms with E-state index in [0.29, 0.717) is 22.9 Å². The Morgan fingerprint density at radius 3 is 2.10 bits per heavy atom. The molecule has 1 amide bonds. The van der Waals surface area contributed by atoms with Gasteiger partial charge in [0.15, 0.2) is 12.7 Å². The fourth-order valence-corrected chi connectivity index (χ4v) is 5.32. The number of hydrogen-bond donors (Lipinski definition) is 1. The van der Waals surface area contributed by atoms with Crippen LogP contribution in [-0.2, 0) is 6.54 Å². The van der Waals surface area contributed by atoms with Crippen molar-refractivity contribution in [3.05, 3.63) is 75.2 Å². The number of nitrogens with zero attached hydrogens (tertiary/aromatic N) is 1. The van der Waals surface area contributed by atoms with Crippen molar-refractivity contribution in [2.24, 2.45) is 0 Å². The molecule has 1 heterocycles. The molecule has 0 aliphatic carbocycles. The first kappa shape index (κ1) is 33.3. The van der Waals surface area contributed by atoms with Crippen LogP contribution in [-0.4, -0.2) is 12.5 Å². The summed E-state index contributed by atoms with van der Waals surface area (Å²) in [4.78, 5) is 14.1. The minimum atomic E-state index is -0.174. The lowest BCUT2D eigenvalue weighted by atomic mass is 10.1. The third kappa shape index (κ3) is 12.9. The van der Waals surface area contributed by atoms with Gasteiger partial charge in [0.2, 0.25) is 5.51 Å². The molecule has 0 aliphatic rings. The largest absolute Gasteiger partial charge is 1.00 e. The number of aryl methyl sites for hydroxylation is 1. The highest BCUT2D eigenvalue weighted by Crippen LogP contribution is 2.26. The van der Waals surface area contributed by atoms with E-state index >= 15 is 0 Å². The zero-order valence-electron chi connectivity index (χ0n) is 23.5. The van der Waals surface area contributed by atoms with Gasteiger partial charge in [-0.1, -0.05) is 113 Å². The van der Waals surface area contributed by atoms with Gasteiger partial charge < -0.3 is 27.0 Å². The number of benzene rings is 2. The molecule has 0 spiro atoms. The zero-order chi connectivity index (χ0) is 27.0. The number of carbonyl (C=O) groups is 1. The summed E-state index contributed by atoms with van der Waals surface area (Å²) in [5.41, 5.74) is 4.60. The van der Waals surface area contributed by atoms with Crippen LogP contribution in [0.1, 0.15) is 105 Å². The van der Waals surface area contributed by atoms with E-state index in [0.717, 1.165) is 25.1 Å². The molecule has 214 valence electrons. The molecule has 1 N–H and O–H groups in total. The summed E-state index contributed by atoms with van der Waals surface area (Å²) >= 11 is 8.07. The zero-order valence-corrected chi connectivity index (χ0v) is 26.7. The van der Waals surface area contributed by atoms with Crippen molar-refractivity contribution in [2.75, 3.05) is 11.9 Å². The second kappa shape index (κ2) is 19.2. The van der Waals surface area contributed by atoms with E-state index < -0.39 is 0 Å². The quantitative estimate of drug-likeness (QED) is 0.130. The Labute approximate surface area is 254 Å². The topological polar surface area (TPSA) is 42.2 Å². The Bertz CT molecular complexity index is 1100. The Hall–Kier alpha value is -1.89. The van der Waals surface area contributed by atoms with Crippen molar-refractivity contribution in [2.45, 2.75) is 97.4 Å². The van der Waals surface area contributed by atoms with Crippen molar-refractivity contribution >= 4 is 34.5 Å². The number of halogens is 2.